The molecule has 0 saturated heterocycles. The fourth-order valence-electron chi connectivity index (χ4n) is 1.96. The van der Waals surface area contributed by atoms with E-state index >= 15 is 0 Å². The molecule has 106 valence electrons. The quantitative estimate of drug-likeness (QED) is 0.581. The van der Waals surface area contributed by atoms with E-state index in [1.54, 1.807) is 0 Å². The molecule has 0 bridgehead atoms. The van der Waals surface area contributed by atoms with Crippen LogP contribution < -0.4 is 16.6 Å². The average Bonchev–Trinajstić information content (AvgIpc) is 3.10. The molecule has 19 heavy (non-hydrogen) atoms. The topological polar surface area (TPSA) is 75.9 Å². The maximum atomic E-state index is 12.7. The highest BCUT2D eigenvalue weighted by Crippen LogP contribution is 2.41. The van der Waals surface area contributed by atoms with Gasteiger partial charge in [0.2, 0.25) is 5.95 Å². The van der Waals surface area contributed by atoms with Crippen molar-refractivity contribution >= 4 is 11.8 Å². The van der Waals surface area contributed by atoms with Crippen LogP contribution in [0.5, 0.6) is 0 Å². The molecule has 1 aliphatic carbocycles. The predicted molar refractivity (Wildman–Crippen MR) is 65.3 cm³/mol. The molecule has 0 atom stereocenters. The van der Waals surface area contributed by atoms with Crippen molar-refractivity contribution in [1.29, 1.82) is 0 Å². The van der Waals surface area contributed by atoms with Crippen LogP contribution in [-0.2, 0) is 6.18 Å². The van der Waals surface area contributed by atoms with Crippen molar-refractivity contribution in [2.24, 2.45) is 11.8 Å². The highest BCUT2D eigenvalue weighted by atomic mass is 19.4. The Hall–Kier alpha value is -1.57. The summed E-state index contributed by atoms with van der Waals surface area (Å²) >= 11 is 0. The van der Waals surface area contributed by atoms with Crippen LogP contribution in [0.1, 0.15) is 32.4 Å². The van der Waals surface area contributed by atoms with Gasteiger partial charge in [-0.2, -0.15) is 18.2 Å². The van der Waals surface area contributed by atoms with Gasteiger partial charge in [0.25, 0.3) is 0 Å². The summed E-state index contributed by atoms with van der Waals surface area (Å²) in [6, 6.07) is 0.894. The Balaban J connectivity index is 2.29. The van der Waals surface area contributed by atoms with Crippen LogP contribution in [0.25, 0.3) is 0 Å². The van der Waals surface area contributed by atoms with Gasteiger partial charge in [0, 0.05) is 11.6 Å². The summed E-state index contributed by atoms with van der Waals surface area (Å²) < 4.78 is 38.1. The summed E-state index contributed by atoms with van der Waals surface area (Å²) in [6.07, 6.45) is -2.40. The number of nitrogens with two attached hydrogens (primary N) is 1. The van der Waals surface area contributed by atoms with Gasteiger partial charge in [-0.3, -0.25) is 5.43 Å². The second-order valence-electron chi connectivity index (χ2n) is 5.23. The number of nitrogens with one attached hydrogen (secondary N) is 2. The van der Waals surface area contributed by atoms with E-state index in [4.69, 9.17) is 5.84 Å². The zero-order valence-corrected chi connectivity index (χ0v) is 10.7. The minimum absolute atomic E-state index is 0.118. The standard InChI is InChI=1S/C11H16F3N5/c1-10(2,6-3-4-6)18-8-5-7(11(12,13)14)16-9(17-8)19-15/h5-6H,3-4,15H2,1-2H3,(H2,16,17,18,19). The van der Waals surface area contributed by atoms with Crippen molar-refractivity contribution in [3.63, 3.8) is 0 Å². The lowest BCUT2D eigenvalue weighted by Gasteiger charge is -2.27. The van der Waals surface area contributed by atoms with Crippen molar-refractivity contribution in [3.8, 4) is 0 Å². The lowest BCUT2D eigenvalue weighted by atomic mass is 9.99. The molecule has 1 saturated carbocycles. The first-order valence-corrected chi connectivity index (χ1v) is 5.93. The lowest BCUT2D eigenvalue weighted by Crippen LogP contribution is -2.34. The number of hydrogen-bond donors (Lipinski definition) is 3. The van der Waals surface area contributed by atoms with E-state index in [-0.39, 0.29) is 17.3 Å². The maximum Gasteiger partial charge on any atom is 0.433 e. The number of anilines is 2. The van der Waals surface area contributed by atoms with Crippen LogP contribution in [0.4, 0.5) is 24.9 Å². The van der Waals surface area contributed by atoms with Crippen LogP contribution >= 0.6 is 0 Å². The van der Waals surface area contributed by atoms with Gasteiger partial charge in [0.1, 0.15) is 5.82 Å². The smallest absolute Gasteiger partial charge is 0.365 e. The molecule has 0 radical (unpaired) electrons. The number of hydrogen-bond acceptors (Lipinski definition) is 5. The normalized spacial score (nSPS) is 16.3. The third kappa shape index (κ3) is 3.25. The third-order valence-electron chi connectivity index (χ3n) is 3.19. The monoisotopic (exact) mass is 275 g/mol. The fraction of sp³-hybridized carbons (Fsp3) is 0.636. The summed E-state index contributed by atoms with van der Waals surface area (Å²) in [7, 11) is 0. The van der Waals surface area contributed by atoms with E-state index in [9.17, 15) is 13.2 Å². The van der Waals surface area contributed by atoms with Crippen LogP contribution in [0, 0.1) is 5.92 Å². The van der Waals surface area contributed by atoms with Crippen LogP contribution in [0.15, 0.2) is 6.07 Å². The van der Waals surface area contributed by atoms with Crippen LogP contribution in [-0.4, -0.2) is 15.5 Å². The van der Waals surface area contributed by atoms with Crippen molar-refractivity contribution in [1.82, 2.24) is 9.97 Å². The predicted octanol–water partition coefficient (Wildman–Crippen LogP) is 2.38. The Bertz CT molecular complexity index is 468. The Kier molecular flexibility index (Phi) is 3.29. The highest BCUT2D eigenvalue weighted by Gasteiger charge is 2.39. The number of rotatable bonds is 4. The summed E-state index contributed by atoms with van der Waals surface area (Å²) in [5.74, 6) is 5.40. The number of alkyl halides is 3. The maximum absolute atomic E-state index is 12.7. The second-order valence-corrected chi connectivity index (χ2v) is 5.23. The zero-order chi connectivity index (χ0) is 14.3. The first kappa shape index (κ1) is 13.9. The molecule has 8 heteroatoms. The molecule has 0 amide bonds. The summed E-state index contributed by atoms with van der Waals surface area (Å²) in [6.45, 7) is 3.88. The van der Waals surface area contributed by atoms with E-state index < -0.39 is 11.9 Å². The highest BCUT2D eigenvalue weighted by molar-refractivity contribution is 5.44. The fourth-order valence-corrected chi connectivity index (χ4v) is 1.96. The van der Waals surface area contributed by atoms with E-state index in [2.05, 4.69) is 15.3 Å². The molecule has 2 rings (SSSR count). The van der Waals surface area contributed by atoms with Gasteiger partial charge in [0.05, 0.1) is 0 Å². The minimum atomic E-state index is -4.53. The molecule has 1 aromatic rings. The van der Waals surface area contributed by atoms with E-state index in [1.165, 1.54) is 0 Å². The van der Waals surface area contributed by atoms with E-state index in [0.29, 0.717) is 5.92 Å². The Labute approximate surface area is 108 Å². The van der Waals surface area contributed by atoms with Gasteiger partial charge in [-0.1, -0.05) is 0 Å². The van der Waals surface area contributed by atoms with E-state index in [1.807, 2.05) is 19.3 Å². The lowest BCUT2D eigenvalue weighted by molar-refractivity contribution is -0.141. The SMILES string of the molecule is CC(C)(Nc1cc(C(F)(F)F)nc(NN)n1)C1CC1. The molecule has 4 N–H and O–H groups in total. The molecule has 1 fully saturated rings. The van der Waals surface area contributed by atoms with Gasteiger partial charge in [0.15, 0.2) is 5.69 Å². The largest absolute Gasteiger partial charge is 0.433 e. The molecular formula is C11H16F3N5. The third-order valence-corrected chi connectivity index (χ3v) is 3.19. The summed E-state index contributed by atoms with van der Waals surface area (Å²) in [5.41, 5.74) is 0.722. The summed E-state index contributed by atoms with van der Waals surface area (Å²) in [5, 5.41) is 3.02. The van der Waals surface area contributed by atoms with Crippen molar-refractivity contribution in [3.05, 3.63) is 11.8 Å². The molecule has 5 nitrogen and oxygen atoms in total. The molecule has 1 aromatic heterocycles. The first-order valence-electron chi connectivity index (χ1n) is 5.93. The summed E-state index contributed by atoms with van der Waals surface area (Å²) in [4.78, 5) is 7.20. The Morgan fingerprint density at radius 1 is 1.26 bits per heavy atom. The van der Waals surface area contributed by atoms with Crippen molar-refractivity contribution in [2.75, 3.05) is 10.7 Å². The molecule has 0 spiro atoms. The second kappa shape index (κ2) is 4.52. The molecule has 1 aliphatic rings. The Morgan fingerprint density at radius 3 is 2.37 bits per heavy atom. The number of halogens is 3. The van der Waals surface area contributed by atoms with Gasteiger partial charge in [-0.05, 0) is 32.6 Å². The number of aromatic nitrogens is 2. The van der Waals surface area contributed by atoms with E-state index in [0.717, 1.165) is 18.9 Å². The van der Waals surface area contributed by atoms with Gasteiger partial charge < -0.3 is 5.32 Å². The molecule has 1 heterocycles. The number of hydrazine groups is 1. The number of nitrogen functional groups attached to an aromatic ring is 1. The van der Waals surface area contributed by atoms with Crippen LogP contribution in [0.3, 0.4) is 0 Å². The molecular weight excluding hydrogens is 259 g/mol. The molecule has 0 unspecified atom stereocenters. The van der Waals surface area contributed by atoms with Gasteiger partial charge >= 0.3 is 6.18 Å². The first-order chi connectivity index (χ1) is 8.72. The van der Waals surface area contributed by atoms with Gasteiger partial charge in [-0.15, -0.1) is 0 Å². The zero-order valence-electron chi connectivity index (χ0n) is 10.7. The van der Waals surface area contributed by atoms with Crippen LogP contribution in [0.2, 0.25) is 0 Å². The van der Waals surface area contributed by atoms with Crippen molar-refractivity contribution < 1.29 is 13.2 Å². The number of nitrogens with zero attached hydrogens (tertiary/aromatic N) is 2. The van der Waals surface area contributed by atoms with Crippen molar-refractivity contribution in [2.45, 2.75) is 38.4 Å². The molecule has 0 aliphatic heterocycles. The average molecular weight is 275 g/mol. The van der Waals surface area contributed by atoms with Gasteiger partial charge in [-0.25, -0.2) is 10.8 Å². The minimum Gasteiger partial charge on any atom is -0.365 e. The Morgan fingerprint density at radius 2 is 1.89 bits per heavy atom. The molecule has 0 aromatic carbocycles.